The summed E-state index contributed by atoms with van der Waals surface area (Å²) in [5, 5.41) is 0. The van der Waals surface area contributed by atoms with Gasteiger partial charge in [-0.05, 0) is 32.1 Å². The topological polar surface area (TPSA) is 47.3 Å². The fraction of sp³-hybridized carbons (Fsp3) is 1.00. The first-order valence-electron chi connectivity index (χ1n) is 5.90. The molecule has 1 atom stereocenters. The Balaban J connectivity index is 1.99. The van der Waals surface area contributed by atoms with Crippen molar-refractivity contribution in [1.29, 1.82) is 0 Å². The molecule has 0 aliphatic heterocycles. The van der Waals surface area contributed by atoms with Crippen LogP contribution < -0.4 is 11.3 Å². The van der Waals surface area contributed by atoms with Crippen LogP contribution in [0.25, 0.3) is 0 Å². The first-order chi connectivity index (χ1) is 6.86. The van der Waals surface area contributed by atoms with Gasteiger partial charge in [0.1, 0.15) is 0 Å². The van der Waals surface area contributed by atoms with Gasteiger partial charge in [0.25, 0.3) is 0 Å². The Morgan fingerprint density at radius 2 is 2.29 bits per heavy atom. The van der Waals surface area contributed by atoms with E-state index in [0.717, 1.165) is 32.0 Å². The van der Waals surface area contributed by atoms with Crippen LogP contribution in [0.1, 0.15) is 45.4 Å². The van der Waals surface area contributed by atoms with Crippen LogP contribution in [0.3, 0.4) is 0 Å². The summed E-state index contributed by atoms with van der Waals surface area (Å²) in [6, 6.07) is 0.501. The highest BCUT2D eigenvalue weighted by molar-refractivity contribution is 4.76. The van der Waals surface area contributed by atoms with Gasteiger partial charge >= 0.3 is 0 Å². The summed E-state index contributed by atoms with van der Waals surface area (Å²) in [5.41, 5.74) is 2.92. The molecule has 0 amide bonds. The third kappa shape index (κ3) is 4.40. The second kappa shape index (κ2) is 7.21. The fourth-order valence-corrected chi connectivity index (χ4v) is 1.98. The predicted octanol–water partition coefficient (Wildman–Crippen LogP) is 1.83. The molecule has 1 aliphatic carbocycles. The average molecular weight is 200 g/mol. The summed E-state index contributed by atoms with van der Waals surface area (Å²) in [6.45, 7) is 3.73. The molecule has 0 aromatic carbocycles. The SMILES string of the molecule is CCOCCCC(CC1CCC1)NN. The van der Waals surface area contributed by atoms with Crippen molar-refractivity contribution in [2.24, 2.45) is 11.8 Å². The molecule has 1 saturated carbocycles. The first-order valence-corrected chi connectivity index (χ1v) is 5.90. The highest BCUT2D eigenvalue weighted by Gasteiger charge is 2.21. The molecular formula is C11H24N2O. The highest BCUT2D eigenvalue weighted by atomic mass is 16.5. The van der Waals surface area contributed by atoms with Crippen LogP contribution in [0.5, 0.6) is 0 Å². The second-order valence-electron chi connectivity index (χ2n) is 4.24. The van der Waals surface area contributed by atoms with Gasteiger partial charge in [-0.1, -0.05) is 19.3 Å². The highest BCUT2D eigenvalue weighted by Crippen LogP contribution is 2.31. The first kappa shape index (κ1) is 12.0. The van der Waals surface area contributed by atoms with Gasteiger partial charge in [-0.3, -0.25) is 11.3 Å². The third-order valence-electron chi connectivity index (χ3n) is 3.12. The summed E-state index contributed by atoms with van der Waals surface area (Å²) in [7, 11) is 0. The molecule has 0 radical (unpaired) electrons. The summed E-state index contributed by atoms with van der Waals surface area (Å²) >= 11 is 0. The molecule has 0 bridgehead atoms. The van der Waals surface area contributed by atoms with Crippen LogP contribution in [0, 0.1) is 5.92 Å². The van der Waals surface area contributed by atoms with Gasteiger partial charge in [0.2, 0.25) is 0 Å². The maximum Gasteiger partial charge on any atom is 0.0466 e. The largest absolute Gasteiger partial charge is 0.382 e. The number of hydrogen-bond acceptors (Lipinski definition) is 3. The summed E-state index contributed by atoms with van der Waals surface area (Å²) in [6.07, 6.45) is 7.75. The van der Waals surface area contributed by atoms with E-state index in [9.17, 15) is 0 Å². The third-order valence-corrected chi connectivity index (χ3v) is 3.12. The van der Waals surface area contributed by atoms with E-state index in [4.69, 9.17) is 10.6 Å². The van der Waals surface area contributed by atoms with Crippen LogP contribution in [-0.4, -0.2) is 19.3 Å². The number of hydrazine groups is 1. The second-order valence-corrected chi connectivity index (χ2v) is 4.24. The summed E-state index contributed by atoms with van der Waals surface area (Å²) in [4.78, 5) is 0. The number of ether oxygens (including phenoxy) is 1. The molecule has 0 heterocycles. The van der Waals surface area contributed by atoms with E-state index in [1.807, 2.05) is 6.92 Å². The van der Waals surface area contributed by atoms with Crippen molar-refractivity contribution in [3.63, 3.8) is 0 Å². The molecule has 84 valence electrons. The molecule has 0 saturated heterocycles. The molecule has 1 aliphatic rings. The lowest BCUT2D eigenvalue weighted by molar-refractivity contribution is 0.138. The van der Waals surface area contributed by atoms with E-state index in [1.165, 1.54) is 25.7 Å². The molecule has 0 aromatic rings. The van der Waals surface area contributed by atoms with Crippen molar-refractivity contribution in [2.45, 2.75) is 51.5 Å². The predicted molar refractivity (Wildman–Crippen MR) is 58.8 cm³/mol. The molecule has 3 N–H and O–H groups in total. The minimum Gasteiger partial charge on any atom is -0.382 e. The Hall–Kier alpha value is -0.120. The van der Waals surface area contributed by atoms with Crippen molar-refractivity contribution in [3.8, 4) is 0 Å². The molecule has 3 nitrogen and oxygen atoms in total. The van der Waals surface area contributed by atoms with E-state index in [2.05, 4.69) is 5.43 Å². The number of nitrogens with one attached hydrogen (secondary N) is 1. The van der Waals surface area contributed by atoms with Crippen molar-refractivity contribution < 1.29 is 4.74 Å². The van der Waals surface area contributed by atoms with Gasteiger partial charge in [0.05, 0.1) is 0 Å². The van der Waals surface area contributed by atoms with Gasteiger partial charge in [0.15, 0.2) is 0 Å². The standard InChI is InChI=1S/C11H24N2O/c1-2-14-8-4-7-11(13-12)9-10-5-3-6-10/h10-11,13H,2-9,12H2,1H3. The smallest absolute Gasteiger partial charge is 0.0466 e. The van der Waals surface area contributed by atoms with Crippen LogP contribution >= 0.6 is 0 Å². The Labute approximate surface area is 87.4 Å². The zero-order chi connectivity index (χ0) is 10.2. The number of hydrogen-bond donors (Lipinski definition) is 2. The summed E-state index contributed by atoms with van der Waals surface area (Å²) < 4.78 is 5.31. The van der Waals surface area contributed by atoms with Crippen molar-refractivity contribution in [2.75, 3.05) is 13.2 Å². The average Bonchev–Trinajstić information content (AvgIpc) is 2.14. The Kier molecular flexibility index (Phi) is 6.15. The molecule has 0 spiro atoms. The lowest BCUT2D eigenvalue weighted by Gasteiger charge is -2.29. The van der Waals surface area contributed by atoms with Gasteiger partial charge in [0, 0.05) is 19.3 Å². The summed E-state index contributed by atoms with van der Waals surface area (Å²) in [5.74, 6) is 6.46. The lowest BCUT2D eigenvalue weighted by Crippen LogP contribution is -2.37. The monoisotopic (exact) mass is 200 g/mol. The normalized spacial score (nSPS) is 19.3. The zero-order valence-corrected chi connectivity index (χ0v) is 9.30. The Bertz CT molecular complexity index is 137. The minimum absolute atomic E-state index is 0.501. The van der Waals surface area contributed by atoms with Crippen LogP contribution in [-0.2, 0) is 4.74 Å². The van der Waals surface area contributed by atoms with Crippen LogP contribution in [0.4, 0.5) is 0 Å². The van der Waals surface area contributed by atoms with Crippen LogP contribution in [0.15, 0.2) is 0 Å². The molecular weight excluding hydrogens is 176 g/mol. The maximum atomic E-state index is 5.52. The quantitative estimate of drug-likeness (QED) is 0.357. The van der Waals surface area contributed by atoms with Crippen molar-refractivity contribution in [3.05, 3.63) is 0 Å². The number of rotatable bonds is 8. The van der Waals surface area contributed by atoms with Gasteiger partial charge in [-0.2, -0.15) is 0 Å². The van der Waals surface area contributed by atoms with E-state index in [0.29, 0.717) is 6.04 Å². The van der Waals surface area contributed by atoms with E-state index in [1.54, 1.807) is 0 Å². The molecule has 1 fully saturated rings. The Morgan fingerprint density at radius 1 is 1.50 bits per heavy atom. The molecule has 14 heavy (non-hydrogen) atoms. The molecule has 1 unspecified atom stereocenters. The lowest BCUT2D eigenvalue weighted by atomic mass is 9.80. The maximum absolute atomic E-state index is 5.52. The van der Waals surface area contributed by atoms with Gasteiger partial charge in [-0.25, -0.2) is 0 Å². The van der Waals surface area contributed by atoms with Crippen LogP contribution in [0.2, 0.25) is 0 Å². The van der Waals surface area contributed by atoms with Crippen molar-refractivity contribution >= 4 is 0 Å². The minimum atomic E-state index is 0.501. The fourth-order valence-electron chi connectivity index (χ4n) is 1.98. The van der Waals surface area contributed by atoms with E-state index in [-0.39, 0.29) is 0 Å². The van der Waals surface area contributed by atoms with E-state index < -0.39 is 0 Å². The Morgan fingerprint density at radius 3 is 2.79 bits per heavy atom. The zero-order valence-electron chi connectivity index (χ0n) is 9.30. The molecule has 3 heteroatoms. The van der Waals surface area contributed by atoms with Gasteiger partial charge < -0.3 is 4.74 Å². The van der Waals surface area contributed by atoms with Gasteiger partial charge in [-0.15, -0.1) is 0 Å². The molecule has 0 aromatic heterocycles. The number of nitrogens with two attached hydrogens (primary N) is 1. The molecule has 1 rings (SSSR count). The van der Waals surface area contributed by atoms with Crippen molar-refractivity contribution in [1.82, 2.24) is 5.43 Å². The van der Waals surface area contributed by atoms with E-state index >= 15 is 0 Å².